The number of aromatic hydroxyl groups is 1. The summed E-state index contributed by atoms with van der Waals surface area (Å²) in [5, 5.41) is 50.5. The van der Waals surface area contributed by atoms with Gasteiger partial charge in [0.1, 0.15) is 24.4 Å². The number of hydrogen-bond acceptors (Lipinski definition) is 13. The lowest BCUT2D eigenvalue weighted by Gasteiger charge is -2.39. The zero-order valence-corrected chi connectivity index (χ0v) is 23.1. The van der Waals surface area contributed by atoms with Crippen molar-refractivity contribution in [2.45, 2.75) is 42.9 Å². The van der Waals surface area contributed by atoms with Crippen LogP contribution in [0.2, 0.25) is 0 Å². The van der Waals surface area contributed by atoms with Gasteiger partial charge in [-0.25, -0.2) is 0 Å². The van der Waals surface area contributed by atoms with Crippen LogP contribution in [0.5, 0.6) is 34.5 Å². The summed E-state index contributed by atoms with van der Waals surface area (Å²) in [5.74, 6) is 1.08. The molecule has 5 rings (SSSR count). The quantitative estimate of drug-likeness (QED) is 0.280. The Kier molecular flexibility index (Phi) is 8.66. The van der Waals surface area contributed by atoms with Gasteiger partial charge in [0, 0.05) is 11.8 Å². The summed E-state index contributed by atoms with van der Waals surface area (Å²) in [5.41, 5.74) is 1.55. The zero-order valence-electron chi connectivity index (χ0n) is 23.1. The minimum Gasteiger partial charge on any atom is -0.502 e. The molecule has 5 N–H and O–H groups in total. The van der Waals surface area contributed by atoms with Gasteiger partial charge in [0.2, 0.25) is 17.8 Å². The van der Waals surface area contributed by atoms with Gasteiger partial charge in [-0.3, -0.25) is 0 Å². The van der Waals surface area contributed by atoms with E-state index in [4.69, 9.17) is 37.9 Å². The van der Waals surface area contributed by atoms with Crippen LogP contribution in [-0.2, 0) is 14.2 Å². The fourth-order valence-electron chi connectivity index (χ4n) is 5.77. The molecule has 9 atom stereocenters. The van der Waals surface area contributed by atoms with Gasteiger partial charge in [0.15, 0.2) is 23.0 Å². The number of aliphatic hydroxyl groups is 4. The van der Waals surface area contributed by atoms with Crippen molar-refractivity contribution in [1.29, 1.82) is 0 Å². The van der Waals surface area contributed by atoms with Crippen molar-refractivity contribution in [3.05, 3.63) is 35.4 Å². The van der Waals surface area contributed by atoms with Gasteiger partial charge in [-0.05, 0) is 35.4 Å². The predicted molar refractivity (Wildman–Crippen MR) is 140 cm³/mol. The van der Waals surface area contributed by atoms with E-state index in [0.29, 0.717) is 13.2 Å². The molecule has 3 aliphatic rings. The molecular formula is C28H36O13. The number of phenols is 1. The lowest BCUT2D eigenvalue weighted by atomic mass is 9.84. The molecule has 41 heavy (non-hydrogen) atoms. The number of benzene rings is 2. The lowest BCUT2D eigenvalue weighted by molar-refractivity contribution is -0.277. The summed E-state index contributed by atoms with van der Waals surface area (Å²) in [6.07, 6.45) is -7.96. The van der Waals surface area contributed by atoms with Crippen LogP contribution < -0.4 is 23.7 Å². The fourth-order valence-corrected chi connectivity index (χ4v) is 5.77. The lowest BCUT2D eigenvalue weighted by Crippen LogP contribution is -2.60. The number of ether oxygens (including phenoxy) is 8. The number of rotatable bonds is 9. The molecule has 3 saturated heterocycles. The normalized spacial score (nSPS) is 32.8. The molecule has 3 heterocycles. The van der Waals surface area contributed by atoms with E-state index in [-0.39, 0.29) is 58.5 Å². The summed E-state index contributed by atoms with van der Waals surface area (Å²) in [6.45, 7) is 0.241. The number of phenolic OH excluding ortho intramolecular Hbond substituents is 1. The maximum absolute atomic E-state index is 10.5. The molecule has 0 radical (unpaired) electrons. The highest BCUT2D eigenvalue weighted by Gasteiger charge is 2.49. The Morgan fingerprint density at radius 2 is 1.17 bits per heavy atom. The SMILES string of the molecule is COc1cc([C@H]2OCC3C2CO[C@@H]3c2cc(OC)c(O[C@@H]3O[C@H](CO)[C@@H](O)[C@H](O)[C@H]3O)c(OC)c2)cc(OC)c1O. The summed E-state index contributed by atoms with van der Waals surface area (Å²) in [6, 6.07) is 6.93. The van der Waals surface area contributed by atoms with Crippen LogP contribution in [-0.4, -0.2) is 104 Å². The molecule has 0 saturated carbocycles. The molecule has 0 amide bonds. The Bertz CT molecular complexity index is 1170. The molecule has 2 aromatic carbocycles. The van der Waals surface area contributed by atoms with E-state index in [1.807, 2.05) is 0 Å². The maximum atomic E-state index is 10.5. The van der Waals surface area contributed by atoms with E-state index < -0.39 is 37.3 Å². The van der Waals surface area contributed by atoms with Gasteiger partial charge < -0.3 is 63.4 Å². The summed E-state index contributed by atoms with van der Waals surface area (Å²) < 4.78 is 45.7. The molecule has 2 aromatic rings. The average Bonchev–Trinajstić information content (AvgIpc) is 3.60. The van der Waals surface area contributed by atoms with E-state index in [2.05, 4.69) is 0 Å². The molecule has 0 aromatic heterocycles. The van der Waals surface area contributed by atoms with E-state index >= 15 is 0 Å². The molecule has 13 nitrogen and oxygen atoms in total. The second kappa shape index (κ2) is 12.1. The van der Waals surface area contributed by atoms with Gasteiger partial charge in [-0.2, -0.15) is 0 Å². The Morgan fingerprint density at radius 3 is 1.61 bits per heavy atom. The minimum atomic E-state index is -1.61. The summed E-state index contributed by atoms with van der Waals surface area (Å²) in [7, 11) is 5.82. The second-order valence-corrected chi connectivity index (χ2v) is 10.2. The molecule has 0 aliphatic carbocycles. The van der Waals surface area contributed by atoms with E-state index in [9.17, 15) is 25.5 Å². The van der Waals surface area contributed by atoms with Crippen molar-refractivity contribution < 1.29 is 63.4 Å². The highest BCUT2D eigenvalue weighted by Crippen LogP contribution is 2.53. The van der Waals surface area contributed by atoms with Crippen molar-refractivity contribution in [1.82, 2.24) is 0 Å². The van der Waals surface area contributed by atoms with Crippen LogP contribution in [0.1, 0.15) is 23.3 Å². The number of methoxy groups -OCH3 is 4. The molecule has 0 bridgehead atoms. The van der Waals surface area contributed by atoms with Crippen LogP contribution in [0, 0.1) is 11.8 Å². The van der Waals surface area contributed by atoms with Gasteiger partial charge >= 0.3 is 0 Å². The van der Waals surface area contributed by atoms with E-state index in [1.165, 1.54) is 28.4 Å². The van der Waals surface area contributed by atoms with Crippen molar-refractivity contribution in [3.63, 3.8) is 0 Å². The van der Waals surface area contributed by atoms with E-state index in [0.717, 1.165) is 11.1 Å². The van der Waals surface area contributed by atoms with Gasteiger partial charge in [0.05, 0.1) is 60.5 Å². The Hall–Kier alpha value is -3.04. The smallest absolute Gasteiger partial charge is 0.229 e. The van der Waals surface area contributed by atoms with E-state index in [1.54, 1.807) is 24.3 Å². The summed E-state index contributed by atoms with van der Waals surface area (Å²) >= 11 is 0. The summed E-state index contributed by atoms with van der Waals surface area (Å²) in [4.78, 5) is 0. The third kappa shape index (κ3) is 5.23. The molecule has 3 aliphatic heterocycles. The van der Waals surface area contributed by atoms with Crippen LogP contribution in [0.25, 0.3) is 0 Å². The first kappa shape index (κ1) is 29.5. The van der Waals surface area contributed by atoms with Crippen molar-refractivity contribution in [2.75, 3.05) is 48.3 Å². The minimum absolute atomic E-state index is 0.000914. The van der Waals surface area contributed by atoms with Gasteiger partial charge in [0.25, 0.3) is 0 Å². The largest absolute Gasteiger partial charge is 0.502 e. The Morgan fingerprint density at radius 1 is 0.707 bits per heavy atom. The van der Waals surface area contributed by atoms with Gasteiger partial charge in [-0.1, -0.05) is 0 Å². The molecule has 13 heteroatoms. The van der Waals surface area contributed by atoms with Crippen molar-refractivity contribution >= 4 is 0 Å². The first-order valence-corrected chi connectivity index (χ1v) is 13.2. The maximum Gasteiger partial charge on any atom is 0.229 e. The van der Waals surface area contributed by atoms with Crippen LogP contribution in [0.3, 0.4) is 0 Å². The highest BCUT2D eigenvalue weighted by atomic mass is 16.7. The molecule has 2 unspecified atom stereocenters. The number of hydrogen-bond donors (Lipinski definition) is 5. The molecular weight excluding hydrogens is 544 g/mol. The van der Waals surface area contributed by atoms with Crippen LogP contribution in [0.15, 0.2) is 24.3 Å². The fraction of sp³-hybridized carbons (Fsp3) is 0.571. The first-order chi connectivity index (χ1) is 19.8. The average molecular weight is 581 g/mol. The van der Waals surface area contributed by atoms with Crippen LogP contribution in [0.4, 0.5) is 0 Å². The number of aliphatic hydroxyl groups excluding tert-OH is 4. The van der Waals surface area contributed by atoms with Gasteiger partial charge in [-0.15, -0.1) is 0 Å². The van der Waals surface area contributed by atoms with Crippen molar-refractivity contribution in [2.24, 2.45) is 11.8 Å². The van der Waals surface area contributed by atoms with Crippen molar-refractivity contribution in [3.8, 4) is 34.5 Å². The standard InChI is InChI=1S/C28H36O13/c1-34-16-5-12(6-17(35-2)21(16)30)25-14-10-39-26(15(14)11-38-25)13-7-18(36-3)27(19(8-13)37-4)41-28-24(33)23(32)22(31)20(9-29)40-28/h5-8,14-15,20,22-26,28-33H,9-11H2,1-4H3/t14?,15?,20-,22-,23+,24-,25-,26-,28+/m1/s1. The Balaban J connectivity index is 1.40. The molecule has 3 fully saturated rings. The predicted octanol–water partition coefficient (Wildman–Crippen LogP) is 0.680. The highest BCUT2D eigenvalue weighted by molar-refractivity contribution is 5.55. The molecule has 0 spiro atoms. The second-order valence-electron chi connectivity index (χ2n) is 10.2. The molecule has 226 valence electrons. The number of fused-ring (bicyclic) bond motifs is 1. The monoisotopic (exact) mass is 580 g/mol. The van der Waals surface area contributed by atoms with Crippen LogP contribution >= 0.6 is 0 Å². The third-order valence-corrected chi connectivity index (χ3v) is 7.99. The third-order valence-electron chi connectivity index (χ3n) is 7.99. The Labute approximate surface area is 236 Å². The first-order valence-electron chi connectivity index (χ1n) is 13.2. The topological polar surface area (TPSA) is 175 Å². The zero-order chi connectivity index (χ0) is 29.4.